The monoisotopic (exact) mass is 178 g/mol. The molecule has 1 heterocycles. The average Bonchev–Trinajstić information content (AvgIpc) is 2.44. The smallest absolute Gasteiger partial charge is 0.0703 e. The van der Waals surface area contributed by atoms with Gasteiger partial charge in [0.05, 0.1) is 11.5 Å². The molecule has 2 nitrogen and oxygen atoms in total. The fourth-order valence-corrected chi connectivity index (χ4v) is 2.51. The van der Waals surface area contributed by atoms with Crippen LogP contribution >= 0.6 is 0 Å². The van der Waals surface area contributed by atoms with Crippen LogP contribution in [-0.2, 0) is 0 Å². The first-order chi connectivity index (χ1) is 6.24. The highest BCUT2D eigenvalue weighted by atomic mass is 15.2. The topological polar surface area (TPSA) is 27.0 Å². The summed E-state index contributed by atoms with van der Waals surface area (Å²) in [5.41, 5.74) is 0.0457. The van der Waals surface area contributed by atoms with Crippen molar-refractivity contribution in [3.05, 3.63) is 0 Å². The molecule has 1 aliphatic carbocycles. The quantitative estimate of drug-likeness (QED) is 0.647. The second-order valence-electron chi connectivity index (χ2n) is 4.87. The van der Waals surface area contributed by atoms with Crippen LogP contribution in [0.1, 0.15) is 32.6 Å². The van der Waals surface area contributed by atoms with Gasteiger partial charge in [-0.2, -0.15) is 5.26 Å². The summed E-state index contributed by atoms with van der Waals surface area (Å²) in [6.45, 7) is 5.77. The van der Waals surface area contributed by atoms with Gasteiger partial charge in [0.15, 0.2) is 0 Å². The molecule has 2 aliphatic rings. The predicted molar refractivity (Wildman–Crippen MR) is 52.1 cm³/mol. The van der Waals surface area contributed by atoms with Gasteiger partial charge in [0.25, 0.3) is 0 Å². The largest absolute Gasteiger partial charge is 0.301 e. The molecule has 0 aromatic rings. The van der Waals surface area contributed by atoms with Crippen molar-refractivity contribution >= 4 is 0 Å². The summed E-state index contributed by atoms with van der Waals surface area (Å²) in [5, 5.41) is 9.09. The lowest BCUT2D eigenvalue weighted by Crippen LogP contribution is -2.40. The molecule has 0 N–H and O–H groups in total. The van der Waals surface area contributed by atoms with E-state index in [0.29, 0.717) is 0 Å². The highest BCUT2D eigenvalue weighted by Gasteiger charge is 2.39. The van der Waals surface area contributed by atoms with E-state index in [1.165, 1.54) is 25.9 Å². The lowest BCUT2D eigenvalue weighted by Gasteiger charge is -2.38. The van der Waals surface area contributed by atoms with E-state index in [1.54, 1.807) is 0 Å². The van der Waals surface area contributed by atoms with Crippen molar-refractivity contribution in [3.8, 4) is 6.07 Å². The molecule has 13 heavy (non-hydrogen) atoms. The fourth-order valence-electron chi connectivity index (χ4n) is 2.51. The summed E-state index contributed by atoms with van der Waals surface area (Å²) >= 11 is 0. The lowest BCUT2D eigenvalue weighted by molar-refractivity contribution is 0.135. The molecular weight excluding hydrogens is 160 g/mol. The Morgan fingerprint density at radius 1 is 1.54 bits per heavy atom. The highest BCUT2D eigenvalue weighted by Crippen LogP contribution is 2.41. The second-order valence-corrected chi connectivity index (χ2v) is 4.87. The van der Waals surface area contributed by atoms with Crippen LogP contribution in [-0.4, -0.2) is 24.5 Å². The zero-order valence-electron chi connectivity index (χ0n) is 8.42. The average molecular weight is 178 g/mol. The highest BCUT2D eigenvalue weighted by molar-refractivity contribution is 5.06. The van der Waals surface area contributed by atoms with E-state index in [9.17, 15) is 0 Å². The van der Waals surface area contributed by atoms with Crippen LogP contribution in [0, 0.1) is 22.7 Å². The maximum Gasteiger partial charge on any atom is 0.0703 e. The minimum atomic E-state index is 0.0457. The molecule has 1 saturated carbocycles. The molecule has 0 aromatic heterocycles. The molecule has 0 bridgehead atoms. The SMILES string of the molecule is CC1CCN(CC2(C#N)CCC2)C1. The summed E-state index contributed by atoms with van der Waals surface area (Å²) in [5.74, 6) is 0.843. The molecular formula is C11H18N2. The van der Waals surface area contributed by atoms with Crippen molar-refractivity contribution in [2.45, 2.75) is 32.6 Å². The van der Waals surface area contributed by atoms with Crippen molar-refractivity contribution in [1.82, 2.24) is 4.90 Å². The summed E-state index contributed by atoms with van der Waals surface area (Å²) < 4.78 is 0. The van der Waals surface area contributed by atoms with Gasteiger partial charge in [-0.25, -0.2) is 0 Å². The molecule has 0 amide bonds. The summed E-state index contributed by atoms with van der Waals surface area (Å²) in [6.07, 6.45) is 4.85. The molecule has 0 aromatic carbocycles. The van der Waals surface area contributed by atoms with Gasteiger partial charge >= 0.3 is 0 Å². The van der Waals surface area contributed by atoms with Crippen LogP contribution < -0.4 is 0 Å². The van der Waals surface area contributed by atoms with Crippen LogP contribution in [0.15, 0.2) is 0 Å². The van der Waals surface area contributed by atoms with Gasteiger partial charge in [-0.05, 0) is 31.7 Å². The zero-order chi connectivity index (χ0) is 9.31. The Labute approximate surface area is 80.5 Å². The zero-order valence-corrected chi connectivity index (χ0v) is 8.42. The van der Waals surface area contributed by atoms with Gasteiger partial charge in [0, 0.05) is 13.1 Å². The Bertz CT molecular complexity index is 225. The van der Waals surface area contributed by atoms with Crippen molar-refractivity contribution in [2.75, 3.05) is 19.6 Å². The van der Waals surface area contributed by atoms with Crippen molar-refractivity contribution in [2.24, 2.45) is 11.3 Å². The third-order valence-electron chi connectivity index (χ3n) is 3.58. The first-order valence-electron chi connectivity index (χ1n) is 5.38. The maximum atomic E-state index is 9.09. The number of rotatable bonds is 2. The van der Waals surface area contributed by atoms with E-state index < -0.39 is 0 Å². The maximum absolute atomic E-state index is 9.09. The summed E-state index contributed by atoms with van der Waals surface area (Å²) in [4.78, 5) is 2.48. The third-order valence-corrected chi connectivity index (χ3v) is 3.58. The van der Waals surface area contributed by atoms with Gasteiger partial charge in [0.2, 0.25) is 0 Å². The molecule has 72 valence electrons. The van der Waals surface area contributed by atoms with Gasteiger partial charge in [-0.3, -0.25) is 0 Å². The van der Waals surface area contributed by atoms with E-state index in [2.05, 4.69) is 17.9 Å². The Balaban J connectivity index is 1.87. The summed E-state index contributed by atoms with van der Waals surface area (Å²) in [7, 11) is 0. The minimum Gasteiger partial charge on any atom is -0.301 e. The molecule has 0 spiro atoms. The number of likely N-dealkylation sites (tertiary alicyclic amines) is 1. The van der Waals surface area contributed by atoms with E-state index in [4.69, 9.17) is 5.26 Å². The van der Waals surface area contributed by atoms with Gasteiger partial charge in [-0.15, -0.1) is 0 Å². The van der Waals surface area contributed by atoms with Crippen molar-refractivity contribution in [1.29, 1.82) is 5.26 Å². The molecule has 2 rings (SSSR count). The number of nitriles is 1. The van der Waals surface area contributed by atoms with Crippen LogP contribution in [0.3, 0.4) is 0 Å². The van der Waals surface area contributed by atoms with Crippen molar-refractivity contribution < 1.29 is 0 Å². The number of hydrogen-bond acceptors (Lipinski definition) is 2. The summed E-state index contributed by atoms with van der Waals surface area (Å²) in [6, 6.07) is 2.51. The van der Waals surface area contributed by atoms with E-state index in [1.807, 2.05) is 0 Å². The number of nitrogens with zero attached hydrogens (tertiary/aromatic N) is 2. The molecule has 2 fully saturated rings. The van der Waals surface area contributed by atoms with Gasteiger partial charge < -0.3 is 4.90 Å². The Morgan fingerprint density at radius 2 is 2.31 bits per heavy atom. The van der Waals surface area contributed by atoms with E-state index in [0.717, 1.165) is 25.3 Å². The Kier molecular flexibility index (Phi) is 2.29. The normalized spacial score (nSPS) is 32.5. The third kappa shape index (κ3) is 1.71. The molecule has 1 aliphatic heterocycles. The first-order valence-corrected chi connectivity index (χ1v) is 5.38. The van der Waals surface area contributed by atoms with Crippen LogP contribution in [0.2, 0.25) is 0 Å². The number of hydrogen-bond donors (Lipinski definition) is 0. The molecule has 1 saturated heterocycles. The molecule has 1 atom stereocenters. The molecule has 0 radical (unpaired) electrons. The molecule has 2 heteroatoms. The van der Waals surface area contributed by atoms with Gasteiger partial charge in [-0.1, -0.05) is 13.3 Å². The van der Waals surface area contributed by atoms with Crippen LogP contribution in [0.25, 0.3) is 0 Å². The Morgan fingerprint density at radius 3 is 2.69 bits per heavy atom. The first kappa shape index (κ1) is 9.02. The predicted octanol–water partition coefficient (Wildman–Crippen LogP) is 2.02. The van der Waals surface area contributed by atoms with E-state index >= 15 is 0 Å². The minimum absolute atomic E-state index is 0.0457. The standard InChI is InChI=1S/C11H18N2/c1-10-3-6-13(7-10)9-11(8-12)4-2-5-11/h10H,2-7,9H2,1H3. The lowest BCUT2D eigenvalue weighted by atomic mass is 9.69. The molecule has 1 unspecified atom stereocenters. The van der Waals surface area contributed by atoms with Crippen LogP contribution in [0.5, 0.6) is 0 Å². The Hall–Kier alpha value is -0.550. The fraction of sp³-hybridized carbons (Fsp3) is 0.909. The van der Waals surface area contributed by atoms with Crippen LogP contribution in [0.4, 0.5) is 0 Å². The second kappa shape index (κ2) is 3.31. The van der Waals surface area contributed by atoms with Crippen molar-refractivity contribution in [3.63, 3.8) is 0 Å². The van der Waals surface area contributed by atoms with Gasteiger partial charge in [0.1, 0.15) is 0 Å². The van der Waals surface area contributed by atoms with E-state index in [-0.39, 0.29) is 5.41 Å².